The Morgan fingerprint density at radius 1 is 1.28 bits per heavy atom. The number of benzene rings is 1. The molecule has 0 aliphatic heterocycles. The van der Waals surface area contributed by atoms with Gasteiger partial charge in [0.15, 0.2) is 0 Å². The van der Waals surface area contributed by atoms with Crippen LogP contribution in [0.25, 0.3) is 0 Å². The van der Waals surface area contributed by atoms with E-state index < -0.39 is 11.6 Å². The molecule has 18 heavy (non-hydrogen) atoms. The molecule has 1 aromatic heterocycles. The Bertz CT molecular complexity index is 540. The molecule has 2 nitrogen and oxygen atoms in total. The average Bonchev–Trinajstić information content (AvgIpc) is 2.81. The molecule has 5 heteroatoms. The third kappa shape index (κ3) is 2.90. The summed E-state index contributed by atoms with van der Waals surface area (Å²) in [5.74, 6) is -0.483. The molecule has 1 heterocycles. The van der Waals surface area contributed by atoms with Crippen molar-refractivity contribution in [2.45, 2.75) is 32.6 Å². The van der Waals surface area contributed by atoms with Crippen molar-refractivity contribution in [3.8, 4) is 0 Å². The van der Waals surface area contributed by atoms with Crippen LogP contribution >= 0.6 is 11.3 Å². The Balaban J connectivity index is 2.18. The van der Waals surface area contributed by atoms with Crippen molar-refractivity contribution in [1.82, 2.24) is 10.2 Å². The average molecular weight is 268 g/mol. The fourth-order valence-electron chi connectivity index (χ4n) is 1.55. The third-order valence-corrected chi connectivity index (χ3v) is 4.02. The first-order chi connectivity index (χ1) is 8.60. The summed E-state index contributed by atoms with van der Waals surface area (Å²) in [7, 11) is 0. The lowest BCUT2D eigenvalue weighted by Gasteiger charge is -2.01. The molecule has 2 rings (SSSR count). The molecule has 96 valence electrons. The summed E-state index contributed by atoms with van der Waals surface area (Å²) in [4.78, 5) is 0. The maximum absolute atomic E-state index is 13.5. The molecule has 0 amide bonds. The fourth-order valence-corrected chi connectivity index (χ4v) is 2.55. The van der Waals surface area contributed by atoms with Gasteiger partial charge < -0.3 is 0 Å². The van der Waals surface area contributed by atoms with Crippen molar-refractivity contribution in [1.29, 1.82) is 0 Å². The number of hydrogen-bond donors (Lipinski definition) is 0. The summed E-state index contributed by atoms with van der Waals surface area (Å²) in [6.45, 7) is 4.16. The van der Waals surface area contributed by atoms with E-state index in [2.05, 4.69) is 24.0 Å². The summed E-state index contributed by atoms with van der Waals surface area (Å²) in [5, 5.41) is 9.78. The quantitative estimate of drug-likeness (QED) is 0.840. The van der Waals surface area contributed by atoms with Gasteiger partial charge in [0.25, 0.3) is 0 Å². The Hall–Kier alpha value is -1.36. The van der Waals surface area contributed by atoms with E-state index in [1.165, 1.54) is 17.4 Å². The maximum atomic E-state index is 13.5. The Morgan fingerprint density at radius 3 is 2.78 bits per heavy atom. The molecular formula is C13H14F2N2S. The molecule has 0 fully saturated rings. The van der Waals surface area contributed by atoms with Crippen LogP contribution in [0.15, 0.2) is 18.2 Å². The monoisotopic (exact) mass is 268 g/mol. The molecule has 2 aromatic rings. The second-order valence-electron chi connectivity index (χ2n) is 4.26. The molecule has 0 spiro atoms. The standard InChI is InChI=1S/C13H14F2N2S/c1-3-8(2)13-17-16-12(18-13)7-9-6-10(14)4-5-11(9)15/h4-6,8H,3,7H2,1-2H3. The molecule has 0 aliphatic carbocycles. The van der Waals surface area contributed by atoms with Gasteiger partial charge in [0.05, 0.1) is 0 Å². The van der Waals surface area contributed by atoms with E-state index in [0.717, 1.165) is 28.6 Å². The number of hydrogen-bond acceptors (Lipinski definition) is 3. The van der Waals surface area contributed by atoms with Gasteiger partial charge in [-0.15, -0.1) is 21.5 Å². The Labute approximate surface area is 109 Å². The van der Waals surface area contributed by atoms with E-state index in [4.69, 9.17) is 0 Å². The lowest BCUT2D eigenvalue weighted by atomic mass is 10.1. The highest BCUT2D eigenvalue weighted by Gasteiger charge is 2.12. The normalized spacial score (nSPS) is 12.7. The van der Waals surface area contributed by atoms with Gasteiger partial charge >= 0.3 is 0 Å². The zero-order chi connectivity index (χ0) is 13.1. The van der Waals surface area contributed by atoms with Crippen molar-refractivity contribution >= 4 is 11.3 Å². The predicted molar refractivity (Wildman–Crippen MR) is 67.8 cm³/mol. The summed E-state index contributed by atoms with van der Waals surface area (Å²) < 4.78 is 26.5. The van der Waals surface area contributed by atoms with E-state index >= 15 is 0 Å². The second-order valence-corrected chi connectivity index (χ2v) is 5.35. The largest absolute Gasteiger partial charge is 0.207 e. The predicted octanol–water partition coefficient (Wildman–Crippen LogP) is 3.92. The van der Waals surface area contributed by atoms with Crippen LogP contribution in [0.3, 0.4) is 0 Å². The first-order valence-electron chi connectivity index (χ1n) is 5.86. The van der Waals surface area contributed by atoms with Crippen LogP contribution in [-0.4, -0.2) is 10.2 Å². The molecule has 0 aliphatic rings. The van der Waals surface area contributed by atoms with Crippen LogP contribution < -0.4 is 0 Å². The van der Waals surface area contributed by atoms with Crippen molar-refractivity contribution in [2.24, 2.45) is 0 Å². The number of aromatic nitrogens is 2. The summed E-state index contributed by atoms with van der Waals surface area (Å²) >= 11 is 1.46. The number of halogens is 2. The van der Waals surface area contributed by atoms with E-state index in [1.807, 2.05) is 0 Å². The molecule has 0 radical (unpaired) electrons. The fraction of sp³-hybridized carbons (Fsp3) is 0.385. The van der Waals surface area contributed by atoms with Crippen LogP contribution in [0, 0.1) is 11.6 Å². The highest BCUT2D eigenvalue weighted by atomic mass is 32.1. The Kier molecular flexibility index (Phi) is 4.01. The van der Waals surface area contributed by atoms with Gasteiger partial charge in [-0.05, 0) is 30.2 Å². The van der Waals surface area contributed by atoms with Crippen LogP contribution in [-0.2, 0) is 6.42 Å². The first kappa shape index (κ1) is 13.1. The van der Waals surface area contributed by atoms with E-state index in [-0.39, 0.29) is 6.42 Å². The van der Waals surface area contributed by atoms with Crippen LogP contribution in [0.4, 0.5) is 8.78 Å². The number of rotatable bonds is 4. The molecule has 1 atom stereocenters. The van der Waals surface area contributed by atoms with E-state index in [1.54, 1.807) is 0 Å². The number of nitrogens with zero attached hydrogens (tertiary/aromatic N) is 2. The van der Waals surface area contributed by atoms with Crippen LogP contribution in [0.2, 0.25) is 0 Å². The van der Waals surface area contributed by atoms with Gasteiger partial charge in [-0.25, -0.2) is 8.78 Å². The summed E-state index contributed by atoms with van der Waals surface area (Å²) in [6.07, 6.45) is 1.28. The van der Waals surface area contributed by atoms with E-state index in [9.17, 15) is 8.78 Å². The van der Waals surface area contributed by atoms with Gasteiger partial charge in [-0.3, -0.25) is 0 Å². The van der Waals surface area contributed by atoms with Gasteiger partial charge in [0.1, 0.15) is 21.6 Å². The molecule has 0 saturated heterocycles. The molecule has 0 N–H and O–H groups in total. The zero-order valence-electron chi connectivity index (χ0n) is 10.3. The molecule has 0 bridgehead atoms. The van der Waals surface area contributed by atoms with Gasteiger partial charge in [0, 0.05) is 12.3 Å². The minimum absolute atomic E-state index is 0.289. The lowest BCUT2D eigenvalue weighted by molar-refractivity contribution is 0.588. The zero-order valence-corrected chi connectivity index (χ0v) is 11.1. The molecule has 0 saturated carbocycles. The highest BCUT2D eigenvalue weighted by Crippen LogP contribution is 2.24. The third-order valence-electron chi connectivity index (χ3n) is 2.87. The van der Waals surface area contributed by atoms with Crippen molar-refractivity contribution in [3.05, 3.63) is 45.4 Å². The minimum Gasteiger partial charge on any atom is -0.207 e. The van der Waals surface area contributed by atoms with Crippen molar-refractivity contribution < 1.29 is 8.78 Å². The van der Waals surface area contributed by atoms with Gasteiger partial charge in [-0.2, -0.15) is 0 Å². The first-order valence-corrected chi connectivity index (χ1v) is 6.68. The second kappa shape index (κ2) is 5.52. The van der Waals surface area contributed by atoms with Crippen LogP contribution in [0.1, 0.15) is 41.8 Å². The highest BCUT2D eigenvalue weighted by molar-refractivity contribution is 7.11. The van der Waals surface area contributed by atoms with Crippen molar-refractivity contribution in [3.63, 3.8) is 0 Å². The maximum Gasteiger partial charge on any atom is 0.127 e. The van der Waals surface area contributed by atoms with Crippen molar-refractivity contribution in [2.75, 3.05) is 0 Å². The minimum atomic E-state index is -0.432. The molecule has 1 unspecified atom stereocenters. The summed E-state index contributed by atoms with van der Waals surface area (Å²) in [5.41, 5.74) is 0.321. The lowest BCUT2D eigenvalue weighted by Crippen LogP contribution is -1.93. The van der Waals surface area contributed by atoms with E-state index in [0.29, 0.717) is 11.5 Å². The smallest absolute Gasteiger partial charge is 0.127 e. The summed E-state index contributed by atoms with van der Waals surface area (Å²) in [6, 6.07) is 3.46. The Morgan fingerprint density at radius 2 is 2.06 bits per heavy atom. The molecular weight excluding hydrogens is 254 g/mol. The van der Waals surface area contributed by atoms with Crippen LogP contribution in [0.5, 0.6) is 0 Å². The van der Waals surface area contributed by atoms with Gasteiger partial charge in [0.2, 0.25) is 0 Å². The topological polar surface area (TPSA) is 25.8 Å². The van der Waals surface area contributed by atoms with Gasteiger partial charge in [-0.1, -0.05) is 13.8 Å². The molecule has 1 aromatic carbocycles. The SMILES string of the molecule is CCC(C)c1nnc(Cc2cc(F)ccc2F)s1.